The van der Waals surface area contributed by atoms with Crippen molar-refractivity contribution in [3.8, 4) is 5.75 Å². The Labute approximate surface area is 138 Å². The van der Waals surface area contributed by atoms with E-state index in [9.17, 15) is 9.90 Å². The lowest BCUT2D eigenvalue weighted by molar-refractivity contribution is 0.102. The molecule has 2 aromatic rings. The summed E-state index contributed by atoms with van der Waals surface area (Å²) in [6.45, 7) is 0. The Balaban J connectivity index is 2.33. The van der Waals surface area contributed by atoms with E-state index in [0.717, 1.165) is 0 Å². The zero-order valence-electron chi connectivity index (χ0n) is 9.75. The van der Waals surface area contributed by atoms with Gasteiger partial charge in [0.2, 0.25) is 0 Å². The standard InChI is InChI=1S/C13H7BrCl3NO2/c14-8-2-4-10(12(17)11(8)16)18-13(20)7-5-6(19)1-3-9(7)15/h1-5,19H,(H,18,20). The molecule has 0 unspecified atom stereocenters. The third-order valence-corrected chi connectivity index (χ3v) is 4.58. The van der Waals surface area contributed by atoms with E-state index in [1.165, 1.54) is 18.2 Å². The van der Waals surface area contributed by atoms with Gasteiger partial charge in [0.25, 0.3) is 5.91 Å². The minimum atomic E-state index is -0.494. The van der Waals surface area contributed by atoms with Crippen LogP contribution in [0.5, 0.6) is 5.75 Å². The zero-order valence-corrected chi connectivity index (χ0v) is 13.6. The minimum absolute atomic E-state index is 0.0560. The number of benzene rings is 2. The van der Waals surface area contributed by atoms with Gasteiger partial charge in [-0.25, -0.2) is 0 Å². The maximum atomic E-state index is 12.1. The first-order valence-electron chi connectivity index (χ1n) is 5.33. The van der Waals surface area contributed by atoms with E-state index in [4.69, 9.17) is 34.8 Å². The molecule has 0 atom stereocenters. The molecule has 0 aliphatic heterocycles. The lowest BCUT2D eigenvalue weighted by Gasteiger charge is -2.10. The minimum Gasteiger partial charge on any atom is -0.508 e. The van der Waals surface area contributed by atoms with Crippen LogP contribution in [-0.2, 0) is 0 Å². The quantitative estimate of drug-likeness (QED) is 0.672. The molecule has 1 amide bonds. The molecule has 20 heavy (non-hydrogen) atoms. The Hall–Kier alpha value is -0.940. The molecule has 0 fully saturated rings. The number of hydrogen-bond acceptors (Lipinski definition) is 2. The summed E-state index contributed by atoms with van der Waals surface area (Å²) in [5, 5.41) is 12.7. The van der Waals surface area contributed by atoms with Crippen LogP contribution in [-0.4, -0.2) is 11.0 Å². The van der Waals surface area contributed by atoms with Gasteiger partial charge in [-0.2, -0.15) is 0 Å². The number of carbonyl (C=O) groups is 1. The predicted molar refractivity (Wildman–Crippen MR) is 85.2 cm³/mol. The van der Waals surface area contributed by atoms with Crippen molar-refractivity contribution in [1.82, 2.24) is 0 Å². The van der Waals surface area contributed by atoms with Gasteiger partial charge in [-0.15, -0.1) is 0 Å². The fraction of sp³-hybridized carbons (Fsp3) is 0. The fourth-order valence-corrected chi connectivity index (χ4v) is 2.52. The average Bonchev–Trinajstić information content (AvgIpc) is 2.42. The maximum Gasteiger partial charge on any atom is 0.257 e. The second-order valence-electron chi connectivity index (χ2n) is 3.84. The molecule has 3 nitrogen and oxygen atoms in total. The highest BCUT2D eigenvalue weighted by Gasteiger charge is 2.15. The first-order valence-corrected chi connectivity index (χ1v) is 7.26. The number of amides is 1. The van der Waals surface area contributed by atoms with Crippen molar-refractivity contribution in [3.63, 3.8) is 0 Å². The molecule has 0 aromatic heterocycles. The van der Waals surface area contributed by atoms with Gasteiger partial charge in [0, 0.05) is 4.47 Å². The SMILES string of the molecule is O=C(Nc1ccc(Br)c(Cl)c1Cl)c1cc(O)ccc1Cl. The molecular formula is C13H7BrCl3NO2. The second kappa shape index (κ2) is 6.22. The van der Waals surface area contributed by atoms with Crippen molar-refractivity contribution < 1.29 is 9.90 Å². The van der Waals surface area contributed by atoms with Crippen LogP contribution in [0.3, 0.4) is 0 Å². The molecule has 2 aromatic carbocycles. The first-order chi connectivity index (χ1) is 9.40. The smallest absolute Gasteiger partial charge is 0.257 e. The Morgan fingerprint density at radius 2 is 1.80 bits per heavy atom. The van der Waals surface area contributed by atoms with E-state index in [2.05, 4.69) is 21.2 Å². The van der Waals surface area contributed by atoms with Crippen molar-refractivity contribution in [3.05, 3.63) is 55.4 Å². The Morgan fingerprint density at radius 1 is 1.10 bits per heavy atom. The maximum absolute atomic E-state index is 12.1. The molecule has 0 aliphatic carbocycles. The summed E-state index contributed by atoms with van der Waals surface area (Å²) in [5.41, 5.74) is 0.492. The van der Waals surface area contributed by atoms with Crippen molar-refractivity contribution in [2.45, 2.75) is 0 Å². The van der Waals surface area contributed by atoms with Crippen LogP contribution in [0, 0.1) is 0 Å². The molecular weight excluding hydrogens is 388 g/mol. The van der Waals surface area contributed by atoms with Gasteiger partial charge in [-0.1, -0.05) is 34.8 Å². The Kier molecular flexibility index (Phi) is 4.81. The number of anilines is 1. The largest absolute Gasteiger partial charge is 0.508 e. The molecule has 104 valence electrons. The van der Waals surface area contributed by atoms with Crippen molar-refractivity contribution in [2.75, 3.05) is 5.32 Å². The topological polar surface area (TPSA) is 49.3 Å². The van der Waals surface area contributed by atoms with Crippen LogP contribution in [0.15, 0.2) is 34.8 Å². The summed E-state index contributed by atoms with van der Waals surface area (Å²) in [4.78, 5) is 12.1. The van der Waals surface area contributed by atoms with E-state index < -0.39 is 5.91 Å². The molecule has 2 N–H and O–H groups in total. The molecule has 0 saturated heterocycles. The van der Waals surface area contributed by atoms with Gasteiger partial charge < -0.3 is 10.4 Å². The summed E-state index contributed by atoms with van der Waals surface area (Å²) in [6.07, 6.45) is 0. The molecule has 2 rings (SSSR count). The third kappa shape index (κ3) is 3.20. The van der Waals surface area contributed by atoms with Crippen molar-refractivity contribution in [1.29, 1.82) is 0 Å². The summed E-state index contributed by atoms with van der Waals surface area (Å²) in [7, 11) is 0. The number of carbonyl (C=O) groups excluding carboxylic acids is 1. The number of aromatic hydroxyl groups is 1. The molecule has 0 spiro atoms. The third-order valence-electron chi connectivity index (χ3n) is 2.48. The van der Waals surface area contributed by atoms with Gasteiger partial charge in [0.15, 0.2) is 0 Å². The highest BCUT2D eigenvalue weighted by Crippen LogP contribution is 2.36. The summed E-state index contributed by atoms with van der Waals surface area (Å²) in [5.74, 6) is -0.550. The van der Waals surface area contributed by atoms with Crippen LogP contribution < -0.4 is 5.32 Å². The summed E-state index contributed by atoms with van der Waals surface area (Å²) < 4.78 is 0.623. The number of nitrogens with one attached hydrogen (secondary N) is 1. The molecule has 0 saturated carbocycles. The normalized spacial score (nSPS) is 10.4. The summed E-state index contributed by atoms with van der Waals surface area (Å²) in [6, 6.07) is 7.36. The van der Waals surface area contributed by atoms with Crippen LogP contribution in [0.2, 0.25) is 15.1 Å². The van der Waals surface area contributed by atoms with Gasteiger partial charge in [0.05, 0.1) is 26.3 Å². The Morgan fingerprint density at radius 3 is 2.50 bits per heavy atom. The monoisotopic (exact) mass is 393 g/mol. The predicted octanol–water partition coefficient (Wildman–Crippen LogP) is 5.37. The van der Waals surface area contributed by atoms with E-state index in [1.807, 2.05) is 0 Å². The van der Waals surface area contributed by atoms with E-state index in [-0.39, 0.29) is 21.4 Å². The molecule has 0 aliphatic rings. The first kappa shape index (κ1) is 15.4. The second-order valence-corrected chi connectivity index (χ2v) is 5.86. The Bertz CT molecular complexity index is 692. The number of phenolic OH excluding ortho intramolecular Hbond substituents is 1. The molecule has 7 heteroatoms. The number of phenols is 1. The van der Waals surface area contributed by atoms with E-state index in [0.29, 0.717) is 15.2 Å². The van der Waals surface area contributed by atoms with Crippen LogP contribution >= 0.6 is 50.7 Å². The summed E-state index contributed by atoms with van der Waals surface area (Å²) >= 11 is 21.2. The van der Waals surface area contributed by atoms with E-state index in [1.54, 1.807) is 12.1 Å². The number of hydrogen-bond donors (Lipinski definition) is 2. The van der Waals surface area contributed by atoms with Gasteiger partial charge in [0.1, 0.15) is 5.75 Å². The fourth-order valence-electron chi connectivity index (χ4n) is 1.50. The van der Waals surface area contributed by atoms with Crippen LogP contribution in [0.25, 0.3) is 0 Å². The highest BCUT2D eigenvalue weighted by atomic mass is 79.9. The number of rotatable bonds is 2. The zero-order chi connectivity index (χ0) is 14.9. The van der Waals surface area contributed by atoms with Gasteiger partial charge in [-0.05, 0) is 46.3 Å². The van der Waals surface area contributed by atoms with Gasteiger partial charge in [-0.3, -0.25) is 4.79 Å². The van der Waals surface area contributed by atoms with Crippen molar-refractivity contribution >= 4 is 62.3 Å². The average molecular weight is 395 g/mol. The van der Waals surface area contributed by atoms with E-state index >= 15 is 0 Å². The molecule has 0 heterocycles. The highest BCUT2D eigenvalue weighted by molar-refractivity contribution is 9.10. The number of halogens is 4. The lowest BCUT2D eigenvalue weighted by Crippen LogP contribution is -2.12. The van der Waals surface area contributed by atoms with Crippen LogP contribution in [0.1, 0.15) is 10.4 Å². The molecule has 0 radical (unpaired) electrons. The van der Waals surface area contributed by atoms with Crippen LogP contribution in [0.4, 0.5) is 5.69 Å². The molecule has 0 bridgehead atoms. The lowest BCUT2D eigenvalue weighted by atomic mass is 10.2. The van der Waals surface area contributed by atoms with Crippen molar-refractivity contribution in [2.24, 2.45) is 0 Å². The van der Waals surface area contributed by atoms with Gasteiger partial charge >= 0.3 is 0 Å².